The summed E-state index contributed by atoms with van der Waals surface area (Å²) in [7, 11) is 0. The Morgan fingerprint density at radius 3 is 2.23 bits per heavy atom. The van der Waals surface area contributed by atoms with Crippen LogP contribution in [0, 0.1) is 0 Å². The number of amides is 1. The third-order valence-corrected chi connectivity index (χ3v) is 5.28. The van der Waals surface area contributed by atoms with Gasteiger partial charge in [0.25, 0.3) is 0 Å². The molecule has 1 aromatic rings. The molecule has 26 heavy (non-hydrogen) atoms. The van der Waals surface area contributed by atoms with E-state index in [-0.39, 0.29) is 26.8 Å². The van der Waals surface area contributed by atoms with Gasteiger partial charge in [-0.25, -0.2) is 0 Å². The van der Waals surface area contributed by atoms with Crippen LogP contribution >= 0.6 is 0 Å². The molecule has 10 nitrogen and oxygen atoms in total. The first-order valence-corrected chi connectivity index (χ1v) is 9.42. The van der Waals surface area contributed by atoms with Gasteiger partial charge >= 0.3 is 154 Å². The van der Waals surface area contributed by atoms with Crippen LogP contribution < -0.4 is 5.73 Å². The van der Waals surface area contributed by atoms with Gasteiger partial charge in [-0.3, -0.25) is 0 Å². The molecule has 1 aliphatic rings. The van der Waals surface area contributed by atoms with Crippen molar-refractivity contribution in [3.63, 3.8) is 0 Å². The molecule has 2 heterocycles. The van der Waals surface area contributed by atoms with Crippen molar-refractivity contribution in [2.45, 2.75) is 45.2 Å². The molecular weight excluding hydrogens is 415 g/mol. The van der Waals surface area contributed by atoms with E-state index in [4.69, 9.17) is 24.7 Å². The average Bonchev–Trinajstić information content (AvgIpc) is 3.11. The predicted octanol–water partition coefficient (Wildman–Crippen LogP) is -0.896. The molecule has 0 bridgehead atoms. The summed E-state index contributed by atoms with van der Waals surface area (Å²) in [4.78, 5) is 51.1. The third-order valence-electron chi connectivity index (χ3n) is 3.38. The number of nitrogens with zero attached hydrogens (tertiary/aromatic N) is 1. The third kappa shape index (κ3) is 4.90. The van der Waals surface area contributed by atoms with Gasteiger partial charge in [0.2, 0.25) is 0 Å². The van der Waals surface area contributed by atoms with Crippen LogP contribution in [0.1, 0.15) is 41.9 Å². The number of rotatable bonds is 6. The van der Waals surface area contributed by atoms with Crippen molar-refractivity contribution in [2.24, 2.45) is 5.73 Å². The van der Waals surface area contributed by atoms with Gasteiger partial charge in [-0.2, -0.15) is 0 Å². The van der Waals surface area contributed by atoms with E-state index < -0.39 is 48.2 Å². The van der Waals surface area contributed by atoms with Gasteiger partial charge in [0.1, 0.15) is 0 Å². The Morgan fingerprint density at radius 1 is 1.12 bits per heavy atom. The van der Waals surface area contributed by atoms with E-state index in [9.17, 15) is 19.2 Å². The molecular formula is C15H18N2O8Se. The van der Waals surface area contributed by atoms with Crippen LogP contribution in [-0.4, -0.2) is 68.2 Å². The summed E-state index contributed by atoms with van der Waals surface area (Å²) in [6.45, 7) is 3.43. The maximum atomic E-state index is 11.5. The number of carbonyl (C=O) groups excluding carboxylic acids is 4. The first-order chi connectivity index (χ1) is 12.2. The van der Waals surface area contributed by atoms with E-state index >= 15 is 0 Å². The minimum atomic E-state index is -0.989. The van der Waals surface area contributed by atoms with Crippen LogP contribution in [0.3, 0.4) is 0 Å². The van der Waals surface area contributed by atoms with E-state index in [1.54, 1.807) is 4.94 Å². The second-order valence-electron chi connectivity index (χ2n) is 5.48. The van der Waals surface area contributed by atoms with E-state index in [0.717, 1.165) is 0 Å². The Labute approximate surface area is 154 Å². The summed E-state index contributed by atoms with van der Waals surface area (Å²) in [5.41, 5.74) is 5.31. The van der Waals surface area contributed by atoms with Crippen molar-refractivity contribution in [3.05, 3.63) is 15.2 Å². The Hall–Kier alpha value is -2.23. The first-order valence-electron chi connectivity index (χ1n) is 7.57. The Bertz CT molecular complexity index is 718. The number of ether oxygens (including phenoxy) is 4. The molecule has 142 valence electrons. The van der Waals surface area contributed by atoms with Gasteiger partial charge in [-0.1, -0.05) is 0 Å². The van der Waals surface area contributed by atoms with Crippen LogP contribution in [0.25, 0.3) is 0 Å². The maximum absolute atomic E-state index is 11.5. The van der Waals surface area contributed by atoms with Gasteiger partial charge in [-0.05, 0) is 0 Å². The van der Waals surface area contributed by atoms with E-state index in [2.05, 4.69) is 4.98 Å². The van der Waals surface area contributed by atoms with Crippen LogP contribution in [-0.2, 0) is 33.3 Å². The fourth-order valence-corrected chi connectivity index (χ4v) is 4.28. The van der Waals surface area contributed by atoms with Crippen LogP contribution in [0.5, 0.6) is 0 Å². The Morgan fingerprint density at radius 2 is 1.73 bits per heavy atom. The van der Waals surface area contributed by atoms with E-state index in [1.165, 1.54) is 20.8 Å². The molecule has 2 N–H and O–H groups in total. The van der Waals surface area contributed by atoms with Crippen molar-refractivity contribution in [2.75, 3.05) is 6.61 Å². The zero-order valence-corrected chi connectivity index (χ0v) is 16.0. The van der Waals surface area contributed by atoms with Crippen molar-refractivity contribution in [1.29, 1.82) is 0 Å². The summed E-state index contributed by atoms with van der Waals surface area (Å²) in [6.07, 6.45) is -3.68. The molecule has 1 fully saturated rings. The molecule has 1 saturated heterocycles. The summed E-state index contributed by atoms with van der Waals surface area (Å²) >= 11 is -0.357. The summed E-state index contributed by atoms with van der Waals surface area (Å²) in [6, 6.07) is 0. The fourth-order valence-electron chi connectivity index (χ4n) is 2.45. The van der Waals surface area contributed by atoms with Gasteiger partial charge < -0.3 is 0 Å². The SMILES string of the molecule is CC(=O)OC[C@H]1O[C@H](c2nc(C(N)=O)c[se]2)[C@H](OC(C)=O)[C@@H]1OC(C)=O. The molecule has 0 aromatic carbocycles. The second-order valence-corrected chi connectivity index (χ2v) is 7.35. The molecule has 1 aromatic heterocycles. The number of esters is 3. The molecule has 1 aliphatic heterocycles. The molecule has 1 amide bonds. The van der Waals surface area contributed by atoms with Gasteiger partial charge in [-0.15, -0.1) is 0 Å². The molecule has 0 saturated carbocycles. The quantitative estimate of drug-likeness (QED) is 0.343. The average molecular weight is 433 g/mol. The zero-order chi connectivity index (χ0) is 19.4. The number of primary amides is 1. The number of nitrogens with two attached hydrogens (primary N) is 1. The molecule has 0 spiro atoms. The van der Waals surface area contributed by atoms with E-state index in [1.807, 2.05) is 0 Å². The molecule has 4 atom stereocenters. The first kappa shape index (κ1) is 20.1. The molecule has 2 rings (SSSR count). The van der Waals surface area contributed by atoms with Crippen LogP contribution in [0.15, 0.2) is 4.94 Å². The second kappa shape index (κ2) is 8.43. The Balaban J connectivity index is 2.33. The standard InChI is InChI=1S/C15H18N2O8Se/c1-6(18)22-4-10-11(23-7(2)19)12(24-8(3)20)13(25-10)15-17-9(5-26-15)14(16)21/h5,10-13H,4H2,1-3H3,(H2,16,21)/t10-,11-,12-,13+/m1/s1. The van der Waals surface area contributed by atoms with Crippen molar-refractivity contribution >= 4 is 38.3 Å². The molecule has 0 unspecified atom stereocenters. The summed E-state index contributed by atoms with van der Waals surface area (Å²) in [5.74, 6) is -2.44. The number of carbonyl (C=O) groups is 4. The molecule has 0 radical (unpaired) electrons. The van der Waals surface area contributed by atoms with Gasteiger partial charge in [0.15, 0.2) is 0 Å². The molecule has 0 aliphatic carbocycles. The van der Waals surface area contributed by atoms with Crippen LogP contribution in [0.2, 0.25) is 0 Å². The predicted molar refractivity (Wildman–Crippen MR) is 85.0 cm³/mol. The van der Waals surface area contributed by atoms with Crippen molar-refractivity contribution in [1.82, 2.24) is 4.98 Å². The minimum absolute atomic E-state index is 0.0950. The van der Waals surface area contributed by atoms with E-state index in [0.29, 0.717) is 4.57 Å². The number of aromatic nitrogens is 1. The topological polar surface area (TPSA) is 144 Å². The monoisotopic (exact) mass is 434 g/mol. The normalized spacial score (nSPS) is 24.7. The van der Waals surface area contributed by atoms with Gasteiger partial charge in [0.05, 0.1) is 0 Å². The van der Waals surface area contributed by atoms with Crippen molar-refractivity contribution < 1.29 is 38.1 Å². The zero-order valence-electron chi connectivity index (χ0n) is 14.3. The fraction of sp³-hybridized carbons (Fsp3) is 0.533. The van der Waals surface area contributed by atoms with Crippen LogP contribution in [0.4, 0.5) is 0 Å². The van der Waals surface area contributed by atoms with Gasteiger partial charge in [0, 0.05) is 0 Å². The number of hydrogen-bond acceptors (Lipinski definition) is 9. The number of hydrogen-bond donors (Lipinski definition) is 1. The summed E-state index contributed by atoms with van der Waals surface area (Å²) < 4.78 is 21.8. The molecule has 11 heteroatoms. The summed E-state index contributed by atoms with van der Waals surface area (Å²) in [5, 5.41) is 0. The Kier molecular flexibility index (Phi) is 6.52. The van der Waals surface area contributed by atoms with Crippen molar-refractivity contribution in [3.8, 4) is 0 Å².